The van der Waals surface area contributed by atoms with Crippen molar-refractivity contribution in [1.29, 1.82) is 0 Å². The Bertz CT molecular complexity index is 759. The SMILES string of the molecule is O=CC(CC(=O)NNC(=S)Nc1ccccc1Cl)C(S)Nc1nccs1. The Kier molecular flexibility index (Phi) is 8.10. The molecule has 0 aliphatic rings. The lowest BCUT2D eigenvalue weighted by atomic mass is 10.1. The molecule has 0 spiro atoms. The zero-order chi connectivity index (χ0) is 18.9. The molecule has 0 aliphatic heterocycles. The average molecular weight is 430 g/mol. The van der Waals surface area contributed by atoms with Gasteiger partial charge in [0.25, 0.3) is 0 Å². The van der Waals surface area contributed by atoms with E-state index in [1.54, 1.807) is 35.8 Å². The summed E-state index contributed by atoms with van der Waals surface area (Å²) in [6.45, 7) is 0. The molecule has 2 atom stereocenters. The largest absolute Gasteiger partial charge is 0.349 e. The third kappa shape index (κ3) is 6.45. The van der Waals surface area contributed by atoms with Gasteiger partial charge in [-0.15, -0.1) is 11.3 Å². The van der Waals surface area contributed by atoms with Gasteiger partial charge in [-0.1, -0.05) is 23.7 Å². The molecule has 2 aromatic rings. The summed E-state index contributed by atoms with van der Waals surface area (Å²) in [6, 6.07) is 7.05. The first-order valence-electron chi connectivity index (χ1n) is 7.39. The number of rotatable bonds is 7. The zero-order valence-corrected chi connectivity index (χ0v) is 16.6. The van der Waals surface area contributed by atoms with Crippen LogP contribution in [0.25, 0.3) is 0 Å². The number of amides is 1. The Morgan fingerprint density at radius 3 is 2.81 bits per heavy atom. The van der Waals surface area contributed by atoms with Crippen molar-refractivity contribution in [3.8, 4) is 0 Å². The van der Waals surface area contributed by atoms with Crippen molar-refractivity contribution in [2.24, 2.45) is 5.92 Å². The highest BCUT2D eigenvalue weighted by molar-refractivity contribution is 7.81. The molecule has 4 N–H and O–H groups in total. The number of hydrogen-bond donors (Lipinski definition) is 5. The Morgan fingerprint density at radius 1 is 1.38 bits per heavy atom. The first-order chi connectivity index (χ1) is 12.5. The first kappa shape index (κ1) is 20.4. The van der Waals surface area contributed by atoms with Gasteiger partial charge in [0.15, 0.2) is 10.2 Å². The van der Waals surface area contributed by atoms with Crippen LogP contribution >= 0.6 is 47.8 Å². The minimum Gasteiger partial charge on any atom is -0.349 e. The number of nitrogens with one attached hydrogen (secondary N) is 4. The fourth-order valence-electron chi connectivity index (χ4n) is 1.87. The van der Waals surface area contributed by atoms with E-state index in [9.17, 15) is 9.59 Å². The molecular weight excluding hydrogens is 414 g/mol. The molecule has 138 valence electrons. The van der Waals surface area contributed by atoms with Crippen LogP contribution in [0.2, 0.25) is 5.02 Å². The van der Waals surface area contributed by atoms with Gasteiger partial charge in [-0.05, 0) is 24.4 Å². The van der Waals surface area contributed by atoms with Crippen LogP contribution in [-0.2, 0) is 9.59 Å². The topological polar surface area (TPSA) is 95.2 Å². The second kappa shape index (κ2) is 10.3. The summed E-state index contributed by atoms with van der Waals surface area (Å²) in [6.07, 6.45) is 2.24. The standard InChI is InChI=1S/C15H16ClN5O2S3/c16-10-3-1-2-4-11(10)18-14(25)21-20-12(23)7-9(8-22)13(24)19-15-17-5-6-26-15/h1-6,8-9,13,24H,7H2,(H,17,19)(H,20,23)(H2,18,21,25). The normalized spacial score (nSPS) is 12.5. The van der Waals surface area contributed by atoms with E-state index < -0.39 is 17.2 Å². The van der Waals surface area contributed by atoms with Crippen molar-refractivity contribution in [1.82, 2.24) is 15.8 Å². The summed E-state index contributed by atoms with van der Waals surface area (Å²) in [7, 11) is 0. The zero-order valence-electron chi connectivity index (χ0n) is 13.3. The number of para-hydroxylation sites is 1. The average Bonchev–Trinajstić information content (AvgIpc) is 3.12. The molecule has 1 heterocycles. The van der Waals surface area contributed by atoms with Crippen LogP contribution in [0.1, 0.15) is 6.42 Å². The number of halogens is 1. The summed E-state index contributed by atoms with van der Waals surface area (Å²) in [5, 5.41) is 8.36. The van der Waals surface area contributed by atoms with Crippen LogP contribution in [0.15, 0.2) is 35.8 Å². The molecule has 1 amide bonds. The Morgan fingerprint density at radius 2 is 2.15 bits per heavy atom. The Hall–Kier alpha value is -1.88. The van der Waals surface area contributed by atoms with Gasteiger partial charge in [-0.2, -0.15) is 12.6 Å². The molecule has 7 nitrogen and oxygen atoms in total. The number of thiol groups is 1. The fourth-order valence-corrected chi connectivity index (χ4v) is 3.17. The Labute approximate surface area is 170 Å². The molecule has 2 unspecified atom stereocenters. The van der Waals surface area contributed by atoms with E-state index in [2.05, 4.69) is 39.1 Å². The number of hydrazine groups is 1. The van der Waals surface area contributed by atoms with E-state index in [4.69, 9.17) is 23.8 Å². The number of aromatic nitrogens is 1. The molecule has 1 aromatic carbocycles. The number of benzene rings is 1. The van der Waals surface area contributed by atoms with Crippen LogP contribution in [0.5, 0.6) is 0 Å². The van der Waals surface area contributed by atoms with Crippen molar-refractivity contribution >= 4 is 75.9 Å². The summed E-state index contributed by atoms with van der Waals surface area (Å²) in [5.41, 5.74) is 5.60. The van der Waals surface area contributed by atoms with E-state index in [-0.39, 0.29) is 11.5 Å². The van der Waals surface area contributed by atoms with E-state index in [1.165, 1.54) is 11.3 Å². The van der Waals surface area contributed by atoms with Crippen molar-refractivity contribution in [2.45, 2.75) is 11.8 Å². The van der Waals surface area contributed by atoms with Gasteiger partial charge in [-0.3, -0.25) is 15.6 Å². The molecule has 1 aromatic heterocycles. The lowest BCUT2D eigenvalue weighted by Gasteiger charge is -2.19. The molecule has 0 radical (unpaired) electrons. The maximum absolute atomic E-state index is 12.0. The van der Waals surface area contributed by atoms with Gasteiger partial charge in [0.2, 0.25) is 5.91 Å². The Balaban J connectivity index is 1.78. The molecule has 0 aliphatic carbocycles. The quantitative estimate of drug-likeness (QED) is 0.152. The number of carbonyl (C=O) groups is 2. The lowest BCUT2D eigenvalue weighted by molar-refractivity contribution is -0.124. The highest BCUT2D eigenvalue weighted by Gasteiger charge is 2.21. The summed E-state index contributed by atoms with van der Waals surface area (Å²) in [4.78, 5) is 27.3. The number of thiazole rings is 1. The third-order valence-corrected chi connectivity index (χ3v) is 4.89. The molecule has 26 heavy (non-hydrogen) atoms. The number of hydrogen-bond acceptors (Lipinski definition) is 7. The lowest BCUT2D eigenvalue weighted by Crippen LogP contribution is -2.45. The fraction of sp³-hybridized carbons (Fsp3) is 0.200. The molecule has 2 rings (SSSR count). The molecule has 0 fully saturated rings. The number of nitrogens with zero attached hydrogens (tertiary/aromatic N) is 1. The van der Waals surface area contributed by atoms with Crippen molar-refractivity contribution < 1.29 is 9.59 Å². The minimum atomic E-state index is -0.644. The number of aldehydes is 1. The number of anilines is 2. The highest BCUT2D eigenvalue weighted by atomic mass is 35.5. The number of thiocarbonyl (C=S) groups is 1. The summed E-state index contributed by atoms with van der Waals surface area (Å²) in [5.74, 6) is -1.06. The maximum atomic E-state index is 12.0. The van der Waals surface area contributed by atoms with Crippen molar-refractivity contribution in [3.05, 3.63) is 40.9 Å². The van der Waals surface area contributed by atoms with Crippen molar-refractivity contribution in [3.63, 3.8) is 0 Å². The van der Waals surface area contributed by atoms with Crippen LogP contribution < -0.4 is 21.5 Å². The van der Waals surface area contributed by atoms with E-state index in [0.717, 1.165) is 0 Å². The molecule has 0 saturated heterocycles. The van der Waals surface area contributed by atoms with Gasteiger partial charge in [-0.25, -0.2) is 4.98 Å². The van der Waals surface area contributed by atoms with E-state index in [1.807, 2.05) is 0 Å². The maximum Gasteiger partial charge on any atom is 0.239 e. The van der Waals surface area contributed by atoms with E-state index >= 15 is 0 Å². The van der Waals surface area contributed by atoms with Gasteiger partial charge in [0.05, 0.1) is 22.0 Å². The molecular formula is C15H16ClN5O2S3. The summed E-state index contributed by atoms with van der Waals surface area (Å²) >= 11 is 16.8. The second-order valence-electron chi connectivity index (χ2n) is 5.04. The first-order valence-corrected chi connectivity index (χ1v) is 9.57. The smallest absolute Gasteiger partial charge is 0.239 e. The monoisotopic (exact) mass is 429 g/mol. The number of carbonyl (C=O) groups excluding carboxylic acids is 2. The van der Waals surface area contributed by atoms with Crippen molar-refractivity contribution in [2.75, 3.05) is 10.6 Å². The predicted molar refractivity (Wildman–Crippen MR) is 112 cm³/mol. The van der Waals surface area contributed by atoms with Gasteiger partial charge < -0.3 is 15.4 Å². The van der Waals surface area contributed by atoms with Crippen LogP contribution in [0, 0.1) is 5.92 Å². The van der Waals surface area contributed by atoms with Gasteiger partial charge >= 0.3 is 0 Å². The minimum absolute atomic E-state index is 0.0717. The van der Waals surface area contributed by atoms with E-state index in [0.29, 0.717) is 22.1 Å². The van der Waals surface area contributed by atoms with Crippen LogP contribution in [0.4, 0.5) is 10.8 Å². The summed E-state index contributed by atoms with van der Waals surface area (Å²) < 4.78 is 0. The second-order valence-corrected chi connectivity index (χ2v) is 7.30. The van der Waals surface area contributed by atoms with Crippen LogP contribution in [0.3, 0.4) is 0 Å². The van der Waals surface area contributed by atoms with Gasteiger partial charge in [0.1, 0.15) is 6.29 Å². The van der Waals surface area contributed by atoms with Gasteiger partial charge in [0, 0.05) is 18.0 Å². The third-order valence-electron chi connectivity index (χ3n) is 3.14. The highest BCUT2D eigenvalue weighted by Crippen LogP contribution is 2.20. The molecule has 11 heteroatoms. The molecule has 0 saturated carbocycles. The molecule has 0 bridgehead atoms. The van der Waals surface area contributed by atoms with Crippen LogP contribution in [-0.4, -0.2) is 27.7 Å². The predicted octanol–water partition coefficient (Wildman–Crippen LogP) is 2.69.